The summed E-state index contributed by atoms with van der Waals surface area (Å²) in [6, 6.07) is 3.93. The lowest BCUT2D eigenvalue weighted by Gasteiger charge is -1.91. The maximum Gasteiger partial charge on any atom is 0.243 e. The van der Waals surface area contributed by atoms with Crippen LogP contribution in [-0.2, 0) is 0 Å². The van der Waals surface area contributed by atoms with Crippen LogP contribution in [0, 0.1) is 19.3 Å². The summed E-state index contributed by atoms with van der Waals surface area (Å²) < 4.78 is 1.73. The van der Waals surface area contributed by atoms with Crippen LogP contribution < -0.4 is 5.32 Å². The second-order valence-corrected chi connectivity index (χ2v) is 2.95. The largest absolute Gasteiger partial charge is 0.342 e. The van der Waals surface area contributed by atoms with Gasteiger partial charge in [-0.15, -0.1) is 11.5 Å². The molecule has 4 nitrogen and oxygen atoms in total. The number of hydrogen-bond acceptors (Lipinski definition) is 3. The molecular formula is C10H10N4. The summed E-state index contributed by atoms with van der Waals surface area (Å²) in [4.78, 5) is 4.29. The Bertz CT molecular complexity index is 492. The smallest absolute Gasteiger partial charge is 0.243 e. The van der Waals surface area contributed by atoms with E-state index in [0.29, 0.717) is 12.5 Å². The van der Waals surface area contributed by atoms with Gasteiger partial charge in [-0.25, -0.2) is 4.52 Å². The van der Waals surface area contributed by atoms with E-state index in [1.165, 1.54) is 0 Å². The van der Waals surface area contributed by atoms with Crippen LogP contribution in [0.25, 0.3) is 5.65 Å². The number of nitrogens with one attached hydrogen (secondary N) is 1. The average Bonchev–Trinajstić information content (AvgIpc) is 2.59. The van der Waals surface area contributed by atoms with E-state index in [-0.39, 0.29) is 0 Å². The minimum absolute atomic E-state index is 0.440. The number of aromatic nitrogens is 3. The molecule has 2 rings (SSSR count). The molecule has 0 saturated heterocycles. The predicted octanol–water partition coefficient (Wildman–Crippen LogP) is 1.08. The normalized spacial score (nSPS) is 10.0. The minimum Gasteiger partial charge on any atom is -0.342 e. The lowest BCUT2D eigenvalue weighted by molar-refractivity contribution is 0.955. The Morgan fingerprint density at radius 3 is 3.21 bits per heavy atom. The first kappa shape index (κ1) is 8.57. The minimum atomic E-state index is 0.440. The summed E-state index contributed by atoms with van der Waals surface area (Å²) in [6.07, 6.45) is 6.98. The van der Waals surface area contributed by atoms with Gasteiger partial charge in [-0.2, -0.15) is 4.98 Å². The number of fused-ring (bicyclic) bond motifs is 1. The summed E-state index contributed by atoms with van der Waals surface area (Å²) in [5.74, 6) is 3.04. The molecule has 0 radical (unpaired) electrons. The van der Waals surface area contributed by atoms with Gasteiger partial charge in [0.05, 0.1) is 6.54 Å². The van der Waals surface area contributed by atoms with Crippen molar-refractivity contribution in [2.45, 2.75) is 6.92 Å². The van der Waals surface area contributed by atoms with Gasteiger partial charge in [0, 0.05) is 6.20 Å². The summed E-state index contributed by atoms with van der Waals surface area (Å²) in [5, 5.41) is 7.14. The summed E-state index contributed by atoms with van der Waals surface area (Å²) >= 11 is 0. The molecule has 0 unspecified atom stereocenters. The van der Waals surface area contributed by atoms with Gasteiger partial charge in [-0.1, -0.05) is 12.0 Å². The molecule has 4 heteroatoms. The van der Waals surface area contributed by atoms with Crippen molar-refractivity contribution >= 4 is 11.6 Å². The molecule has 0 aromatic carbocycles. The maximum absolute atomic E-state index is 5.13. The van der Waals surface area contributed by atoms with E-state index in [1.54, 1.807) is 4.52 Å². The monoisotopic (exact) mass is 186 g/mol. The summed E-state index contributed by atoms with van der Waals surface area (Å²) in [7, 11) is 0. The molecule has 0 spiro atoms. The van der Waals surface area contributed by atoms with Gasteiger partial charge in [0.2, 0.25) is 5.95 Å². The van der Waals surface area contributed by atoms with E-state index in [1.807, 2.05) is 25.3 Å². The molecule has 2 heterocycles. The highest BCUT2D eigenvalue weighted by Crippen LogP contribution is 2.09. The lowest BCUT2D eigenvalue weighted by Crippen LogP contribution is -1.99. The Labute approximate surface area is 82.0 Å². The Hall–Kier alpha value is -2.02. The fourth-order valence-corrected chi connectivity index (χ4v) is 1.24. The van der Waals surface area contributed by atoms with E-state index in [9.17, 15) is 0 Å². The molecule has 0 aliphatic rings. The highest BCUT2D eigenvalue weighted by Gasteiger charge is 2.03. The van der Waals surface area contributed by atoms with Crippen molar-refractivity contribution in [1.82, 2.24) is 14.6 Å². The van der Waals surface area contributed by atoms with E-state index in [4.69, 9.17) is 6.42 Å². The number of hydrogen-bond donors (Lipinski definition) is 1. The van der Waals surface area contributed by atoms with E-state index < -0.39 is 0 Å². The quantitative estimate of drug-likeness (QED) is 0.714. The second kappa shape index (κ2) is 3.38. The molecule has 70 valence electrons. The maximum atomic E-state index is 5.13. The SMILES string of the molecule is C#CCNc1nc2c(C)cccn2n1. The standard InChI is InChI=1S/C10H10N4/c1-3-6-11-10-12-9-8(2)5-4-7-14(9)13-10/h1,4-5,7H,6H2,2H3,(H,11,13). The third kappa shape index (κ3) is 1.40. The third-order valence-corrected chi connectivity index (χ3v) is 1.91. The van der Waals surface area contributed by atoms with Crippen LogP contribution in [0.4, 0.5) is 5.95 Å². The first-order chi connectivity index (χ1) is 6.81. The van der Waals surface area contributed by atoms with Gasteiger partial charge in [0.15, 0.2) is 5.65 Å². The topological polar surface area (TPSA) is 42.2 Å². The highest BCUT2D eigenvalue weighted by molar-refractivity contribution is 5.49. The van der Waals surface area contributed by atoms with Crippen molar-refractivity contribution in [3.63, 3.8) is 0 Å². The van der Waals surface area contributed by atoms with Crippen LogP contribution in [0.5, 0.6) is 0 Å². The number of nitrogens with zero attached hydrogens (tertiary/aromatic N) is 3. The van der Waals surface area contributed by atoms with Gasteiger partial charge < -0.3 is 5.32 Å². The van der Waals surface area contributed by atoms with E-state index in [0.717, 1.165) is 11.2 Å². The lowest BCUT2D eigenvalue weighted by atomic mass is 10.3. The predicted molar refractivity (Wildman–Crippen MR) is 55.0 cm³/mol. The van der Waals surface area contributed by atoms with Crippen molar-refractivity contribution in [3.05, 3.63) is 23.9 Å². The zero-order valence-electron chi connectivity index (χ0n) is 7.86. The van der Waals surface area contributed by atoms with Crippen LogP contribution in [-0.4, -0.2) is 21.1 Å². The van der Waals surface area contributed by atoms with Crippen molar-refractivity contribution in [3.8, 4) is 12.3 Å². The molecule has 0 amide bonds. The number of terminal acetylenes is 1. The fraction of sp³-hybridized carbons (Fsp3) is 0.200. The number of pyridine rings is 1. The third-order valence-electron chi connectivity index (χ3n) is 1.91. The Morgan fingerprint density at radius 1 is 1.64 bits per heavy atom. The van der Waals surface area contributed by atoms with Gasteiger partial charge in [0.1, 0.15) is 0 Å². The molecule has 0 atom stereocenters. The number of rotatable bonds is 2. The zero-order valence-corrected chi connectivity index (χ0v) is 7.86. The van der Waals surface area contributed by atoms with Crippen molar-refractivity contribution in [2.75, 3.05) is 11.9 Å². The molecule has 14 heavy (non-hydrogen) atoms. The molecular weight excluding hydrogens is 176 g/mol. The Kier molecular flexibility index (Phi) is 2.07. The van der Waals surface area contributed by atoms with Crippen molar-refractivity contribution in [1.29, 1.82) is 0 Å². The summed E-state index contributed by atoms with van der Waals surface area (Å²) in [6.45, 7) is 2.44. The number of anilines is 1. The second-order valence-electron chi connectivity index (χ2n) is 2.95. The first-order valence-electron chi connectivity index (χ1n) is 4.30. The van der Waals surface area contributed by atoms with Crippen molar-refractivity contribution in [2.24, 2.45) is 0 Å². The number of aryl methyl sites for hydroxylation is 1. The molecule has 2 aromatic heterocycles. The molecule has 0 fully saturated rings. The van der Waals surface area contributed by atoms with Crippen LogP contribution in [0.3, 0.4) is 0 Å². The Morgan fingerprint density at radius 2 is 2.50 bits per heavy atom. The van der Waals surface area contributed by atoms with Gasteiger partial charge in [-0.05, 0) is 18.6 Å². The molecule has 0 aliphatic heterocycles. The fourth-order valence-electron chi connectivity index (χ4n) is 1.24. The molecule has 0 bridgehead atoms. The molecule has 0 saturated carbocycles. The first-order valence-corrected chi connectivity index (χ1v) is 4.30. The van der Waals surface area contributed by atoms with Gasteiger partial charge in [-0.3, -0.25) is 0 Å². The zero-order chi connectivity index (χ0) is 9.97. The molecule has 0 aliphatic carbocycles. The van der Waals surface area contributed by atoms with E-state index >= 15 is 0 Å². The van der Waals surface area contributed by atoms with Crippen LogP contribution >= 0.6 is 0 Å². The molecule has 2 aromatic rings. The average molecular weight is 186 g/mol. The Balaban J connectivity index is 2.42. The van der Waals surface area contributed by atoms with Gasteiger partial charge in [0.25, 0.3) is 0 Å². The van der Waals surface area contributed by atoms with Crippen LogP contribution in [0.15, 0.2) is 18.3 Å². The molecule has 1 N–H and O–H groups in total. The summed E-state index contributed by atoms with van der Waals surface area (Å²) in [5.41, 5.74) is 1.95. The van der Waals surface area contributed by atoms with E-state index in [2.05, 4.69) is 21.3 Å². The van der Waals surface area contributed by atoms with Gasteiger partial charge >= 0.3 is 0 Å². The van der Waals surface area contributed by atoms with Crippen LogP contribution in [0.2, 0.25) is 0 Å². The highest BCUT2D eigenvalue weighted by atomic mass is 15.3. The van der Waals surface area contributed by atoms with Crippen molar-refractivity contribution < 1.29 is 0 Å². The van der Waals surface area contributed by atoms with Crippen LogP contribution in [0.1, 0.15) is 5.56 Å².